The summed E-state index contributed by atoms with van der Waals surface area (Å²) in [7, 11) is 0. The first kappa shape index (κ1) is 16.4. The molecule has 0 fully saturated rings. The molecule has 0 saturated carbocycles. The van der Waals surface area contributed by atoms with Crippen molar-refractivity contribution in [3.63, 3.8) is 0 Å². The average Bonchev–Trinajstić information content (AvgIpc) is 2.60. The standard InChI is InChI=1S/C18H15ClN2O3/c19-15-7-3-4-8-16(15)21-17(23)13-6-2-1-5-12(13)14(18(21)24)11-20-9-10-22/h1-8,11,14,22H,9-10H2/t14-/m0/s1. The fourth-order valence-electron chi connectivity index (χ4n) is 2.70. The van der Waals surface area contributed by atoms with Crippen molar-refractivity contribution >= 4 is 35.3 Å². The third kappa shape index (κ3) is 2.84. The largest absolute Gasteiger partial charge is 0.394 e. The zero-order valence-corrected chi connectivity index (χ0v) is 13.5. The molecule has 24 heavy (non-hydrogen) atoms. The summed E-state index contributed by atoms with van der Waals surface area (Å²) in [5, 5.41) is 9.21. The van der Waals surface area contributed by atoms with Crippen molar-refractivity contribution in [2.45, 2.75) is 5.92 Å². The second kappa shape index (κ2) is 6.95. The highest BCUT2D eigenvalue weighted by Crippen LogP contribution is 2.34. The minimum absolute atomic E-state index is 0.105. The second-order valence-electron chi connectivity index (χ2n) is 5.27. The molecule has 1 heterocycles. The molecule has 0 radical (unpaired) electrons. The number of hydrogen-bond donors (Lipinski definition) is 1. The molecule has 2 aromatic carbocycles. The van der Waals surface area contributed by atoms with Crippen molar-refractivity contribution in [3.8, 4) is 0 Å². The number of halogens is 1. The minimum atomic E-state index is -0.693. The Balaban J connectivity index is 2.12. The lowest BCUT2D eigenvalue weighted by Gasteiger charge is -2.31. The molecule has 2 amide bonds. The summed E-state index contributed by atoms with van der Waals surface area (Å²) in [6.07, 6.45) is 1.48. The van der Waals surface area contributed by atoms with Crippen molar-refractivity contribution in [2.24, 2.45) is 4.99 Å². The first-order valence-electron chi connectivity index (χ1n) is 7.47. The molecule has 1 N–H and O–H groups in total. The monoisotopic (exact) mass is 342 g/mol. The van der Waals surface area contributed by atoms with Crippen molar-refractivity contribution < 1.29 is 14.7 Å². The fourth-order valence-corrected chi connectivity index (χ4v) is 2.92. The van der Waals surface area contributed by atoms with Gasteiger partial charge in [-0.15, -0.1) is 0 Å². The second-order valence-corrected chi connectivity index (χ2v) is 5.68. The maximum Gasteiger partial charge on any atom is 0.265 e. The van der Waals surface area contributed by atoms with Gasteiger partial charge in [0.1, 0.15) is 0 Å². The SMILES string of the molecule is O=C1c2ccccc2[C@H](C=NCCO)C(=O)N1c1ccccc1Cl. The molecule has 0 aliphatic carbocycles. The Hall–Kier alpha value is -2.50. The van der Waals surface area contributed by atoms with Crippen LogP contribution in [0.3, 0.4) is 0 Å². The summed E-state index contributed by atoms with van der Waals surface area (Å²) in [4.78, 5) is 30.9. The number of nitrogens with zero attached hydrogens (tertiary/aromatic N) is 2. The van der Waals surface area contributed by atoms with Crippen LogP contribution in [0, 0.1) is 0 Å². The first-order chi connectivity index (χ1) is 11.6. The van der Waals surface area contributed by atoms with Crippen LogP contribution in [0.15, 0.2) is 53.5 Å². The molecule has 122 valence electrons. The van der Waals surface area contributed by atoms with E-state index in [0.29, 0.717) is 21.8 Å². The Morgan fingerprint density at radius 2 is 1.83 bits per heavy atom. The Morgan fingerprint density at radius 1 is 1.12 bits per heavy atom. The van der Waals surface area contributed by atoms with E-state index < -0.39 is 17.7 Å². The van der Waals surface area contributed by atoms with Crippen LogP contribution in [0.2, 0.25) is 5.02 Å². The van der Waals surface area contributed by atoms with E-state index in [1.54, 1.807) is 48.5 Å². The molecule has 1 atom stereocenters. The van der Waals surface area contributed by atoms with Crippen molar-refractivity contribution in [1.82, 2.24) is 0 Å². The summed E-state index contributed by atoms with van der Waals surface area (Å²) in [6, 6.07) is 13.7. The normalized spacial score (nSPS) is 17.4. The third-order valence-corrected chi connectivity index (χ3v) is 4.11. The number of para-hydroxylation sites is 1. The molecule has 6 heteroatoms. The molecule has 1 aliphatic rings. The molecule has 0 spiro atoms. The molecule has 0 unspecified atom stereocenters. The topological polar surface area (TPSA) is 70.0 Å². The van der Waals surface area contributed by atoms with Gasteiger partial charge in [0.05, 0.1) is 29.8 Å². The van der Waals surface area contributed by atoms with Gasteiger partial charge in [-0.05, 0) is 23.8 Å². The van der Waals surface area contributed by atoms with Crippen LogP contribution in [0.4, 0.5) is 5.69 Å². The van der Waals surface area contributed by atoms with Crippen molar-refractivity contribution in [1.29, 1.82) is 0 Å². The van der Waals surface area contributed by atoms with E-state index >= 15 is 0 Å². The molecular weight excluding hydrogens is 328 g/mol. The van der Waals surface area contributed by atoms with Crippen LogP contribution < -0.4 is 4.90 Å². The molecule has 0 aromatic heterocycles. The summed E-state index contributed by atoms with van der Waals surface area (Å²) in [5.74, 6) is -1.51. The number of aliphatic hydroxyl groups is 1. The molecule has 2 aromatic rings. The number of imide groups is 1. The highest BCUT2D eigenvalue weighted by atomic mass is 35.5. The summed E-state index contributed by atoms with van der Waals surface area (Å²) in [6.45, 7) is 0.0954. The Kier molecular flexibility index (Phi) is 4.74. The van der Waals surface area contributed by atoms with Crippen LogP contribution in [0.5, 0.6) is 0 Å². The Labute approximate surface area is 144 Å². The minimum Gasteiger partial charge on any atom is -0.394 e. The van der Waals surface area contributed by atoms with E-state index in [0.717, 1.165) is 4.90 Å². The van der Waals surface area contributed by atoms with E-state index in [9.17, 15) is 9.59 Å². The number of fused-ring (bicyclic) bond motifs is 1. The zero-order chi connectivity index (χ0) is 17.1. The van der Waals surface area contributed by atoms with Crippen molar-refractivity contribution in [2.75, 3.05) is 18.1 Å². The lowest BCUT2D eigenvalue weighted by molar-refractivity contribution is -0.118. The highest BCUT2D eigenvalue weighted by Gasteiger charge is 2.39. The number of aliphatic hydroxyl groups excluding tert-OH is 1. The Bertz CT molecular complexity index is 819. The number of carbonyl (C=O) groups is 2. The van der Waals surface area contributed by atoms with Gasteiger partial charge in [0.25, 0.3) is 5.91 Å². The maximum absolute atomic E-state index is 12.9. The molecule has 1 aliphatic heterocycles. The van der Waals surface area contributed by atoms with E-state index in [1.165, 1.54) is 6.21 Å². The van der Waals surface area contributed by atoms with Crippen LogP contribution in [0.1, 0.15) is 21.8 Å². The lowest BCUT2D eigenvalue weighted by Crippen LogP contribution is -2.45. The highest BCUT2D eigenvalue weighted by molar-refractivity contribution is 6.37. The van der Waals surface area contributed by atoms with Gasteiger partial charge in [0, 0.05) is 11.8 Å². The van der Waals surface area contributed by atoms with Gasteiger partial charge in [-0.2, -0.15) is 0 Å². The van der Waals surface area contributed by atoms with Gasteiger partial charge in [-0.3, -0.25) is 14.6 Å². The summed E-state index contributed by atoms with van der Waals surface area (Å²) >= 11 is 6.18. The van der Waals surface area contributed by atoms with Gasteiger partial charge in [0.2, 0.25) is 5.91 Å². The molecular formula is C18H15ClN2O3. The Morgan fingerprint density at radius 3 is 2.58 bits per heavy atom. The van der Waals surface area contributed by atoms with Crippen LogP contribution in [-0.2, 0) is 4.79 Å². The predicted molar refractivity (Wildman–Crippen MR) is 92.9 cm³/mol. The zero-order valence-electron chi connectivity index (χ0n) is 12.7. The van der Waals surface area contributed by atoms with Crippen LogP contribution in [-0.4, -0.2) is 36.3 Å². The predicted octanol–water partition coefficient (Wildman–Crippen LogP) is 2.67. The van der Waals surface area contributed by atoms with Crippen LogP contribution >= 0.6 is 11.6 Å². The van der Waals surface area contributed by atoms with E-state index in [2.05, 4.69) is 4.99 Å². The number of hydrogen-bond acceptors (Lipinski definition) is 4. The van der Waals surface area contributed by atoms with Crippen LogP contribution in [0.25, 0.3) is 0 Å². The smallest absolute Gasteiger partial charge is 0.265 e. The number of amides is 2. The van der Waals surface area contributed by atoms with Gasteiger partial charge in [-0.1, -0.05) is 41.9 Å². The van der Waals surface area contributed by atoms with Gasteiger partial charge in [-0.25, -0.2) is 4.90 Å². The number of rotatable bonds is 4. The lowest BCUT2D eigenvalue weighted by atomic mass is 9.89. The number of aliphatic imine (C=N–C) groups is 1. The molecule has 0 saturated heterocycles. The maximum atomic E-state index is 12.9. The van der Waals surface area contributed by atoms with E-state index in [-0.39, 0.29) is 13.2 Å². The van der Waals surface area contributed by atoms with Crippen molar-refractivity contribution in [3.05, 3.63) is 64.7 Å². The van der Waals surface area contributed by atoms with Gasteiger partial charge >= 0.3 is 0 Å². The number of benzene rings is 2. The average molecular weight is 343 g/mol. The number of carbonyl (C=O) groups excluding carboxylic acids is 2. The number of anilines is 1. The summed E-state index contributed by atoms with van der Waals surface area (Å²) < 4.78 is 0. The third-order valence-electron chi connectivity index (χ3n) is 3.79. The molecule has 5 nitrogen and oxygen atoms in total. The molecule has 0 bridgehead atoms. The first-order valence-corrected chi connectivity index (χ1v) is 7.85. The van der Waals surface area contributed by atoms with E-state index in [1.807, 2.05) is 0 Å². The fraction of sp³-hybridized carbons (Fsp3) is 0.167. The van der Waals surface area contributed by atoms with Gasteiger partial charge in [0.15, 0.2) is 0 Å². The summed E-state index contributed by atoms with van der Waals surface area (Å²) in [5.41, 5.74) is 1.40. The molecule has 3 rings (SSSR count). The quantitative estimate of drug-likeness (QED) is 0.686. The van der Waals surface area contributed by atoms with E-state index in [4.69, 9.17) is 16.7 Å². The van der Waals surface area contributed by atoms with Gasteiger partial charge < -0.3 is 5.11 Å².